The molecule has 0 aromatic carbocycles. The van der Waals surface area contributed by atoms with Gasteiger partial charge in [-0.1, -0.05) is 11.6 Å². The molecule has 0 aliphatic carbocycles. The standard InChI is InChI=1S/C12H17BrClN3O/c1-8(4-5-17(2)3)16-12(18)10-6-9(13)7-15-11(10)14/h6-8H,4-5H2,1-3H3,(H,16,18). The Morgan fingerprint density at radius 2 is 2.28 bits per heavy atom. The fraction of sp³-hybridized carbons (Fsp3) is 0.500. The highest BCUT2D eigenvalue weighted by molar-refractivity contribution is 9.10. The Kier molecular flexibility index (Phi) is 6.05. The number of rotatable bonds is 5. The average Bonchev–Trinajstić information content (AvgIpc) is 2.29. The number of pyridine rings is 1. The first-order valence-electron chi connectivity index (χ1n) is 5.66. The molecule has 1 heterocycles. The summed E-state index contributed by atoms with van der Waals surface area (Å²) in [6, 6.07) is 1.76. The summed E-state index contributed by atoms with van der Waals surface area (Å²) in [5.74, 6) is -0.194. The maximum absolute atomic E-state index is 12.0. The summed E-state index contributed by atoms with van der Waals surface area (Å²) >= 11 is 9.17. The fourth-order valence-corrected chi connectivity index (χ4v) is 1.93. The van der Waals surface area contributed by atoms with Gasteiger partial charge in [0.2, 0.25) is 0 Å². The number of nitrogens with zero attached hydrogens (tertiary/aromatic N) is 2. The Labute approximate surface area is 121 Å². The van der Waals surface area contributed by atoms with Gasteiger partial charge >= 0.3 is 0 Å². The van der Waals surface area contributed by atoms with Gasteiger partial charge in [0, 0.05) is 16.7 Å². The van der Waals surface area contributed by atoms with Gasteiger partial charge in [-0.25, -0.2) is 4.98 Å². The molecule has 0 saturated heterocycles. The summed E-state index contributed by atoms with van der Waals surface area (Å²) in [5, 5.41) is 3.13. The number of carbonyl (C=O) groups excluding carboxylic acids is 1. The molecule has 0 aliphatic rings. The quantitative estimate of drug-likeness (QED) is 0.842. The van der Waals surface area contributed by atoms with Gasteiger partial charge < -0.3 is 10.2 Å². The van der Waals surface area contributed by atoms with Crippen molar-refractivity contribution in [3.8, 4) is 0 Å². The second kappa shape index (κ2) is 7.07. The molecule has 1 unspecified atom stereocenters. The second-order valence-corrected chi connectivity index (χ2v) is 5.73. The lowest BCUT2D eigenvalue weighted by Gasteiger charge is -2.17. The van der Waals surface area contributed by atoms with E-state index in [4.69, 9.17) is 11.6 Å². The molecule has 1 atom stereocenters. The summed E-state index contributed by atoms with van der Waals surface area (Å²) in [5.41, 5.74) is 0.391. The van der Waals surface area contributed by atoms with Crippen molar-refractivity contribution in [3.63, 3.8) is 0 Å². The lowest BCUT2D eigenvalue weighted by molar-refractivity contribution is 0.0936. The summed E-state index contributed by atoms with van der Waals surface area (Å²) in [6.45, 7) is 2.90. The van der Waals surface area contributed by atoms with Crippen LogP contribution in [0.2, 0.25) is 5.15 Å². The molecular formula is C12H17BrClN3O. The molecule has 0 spiro atoms. The molecule has 0 aliphatic heterocycles. The minimum absolute atomic E-state index is 0.0925. The molecule has 1 aromatic heterocycles. The molecule has 0 radical (unpaired) electrons. The van der Waals surface area contributed by atoms with Crippen molar-refractivity contribution in [3.05, 3.63) is 27.5 Å². The van der Waals surface area contributed by atoms with E-state index in [1.165, 1.54) is 0 Å². The highest BCUT2D eigenvalue weighted by atomic mass is 79.9. The van der Waals surface area contributed by atoms with Gasteiger partial charge in [-0.3, -0.25) is 4.79 Å². The van der Waals surface area contributed by atoms with Crippen LogP contribution < -0.4 is 5.32 Å². The summed E-state index contributed by atoms with van der Waals surface area (Å²) in [4.78, 5) is 18.0. The van der Waals surface area contributed by atoms with Crippen molar-refractivity contribution >= 4 is 33.4 Å². The average molecular weight is 335 g/mol. The number of carbonyl (C=O) groups is 1. The van der Waals surface area contributed by atoms with Crippen molar-refractivity contribution in [2.24, 2.45) is 0 Å². The molecular weight excluding hydrogens is 318 g/mol. The van der Waals surface area contributed by atoms with Crippen LogP contribution in [0.4, 0.5) is 0 Å². The van der Waals surface area contributed by atoms with Crippen molar-refractivity contribution < 1.29 is 4.79 Å². The van der Waals surface area contributed by atoms with Crippen molar-refractivity contribution in [1.82, 2.24) is 15.2 Å². The van der Waals surface area contributed by atoms with Crippen molar-refractivity contribution in [1.29, 1.82) is 0 Å². The highest BCUT2D eigenvalue weighted by Crippen LogP contribution is 2.18. The zero-order valence-electron chi connectivity index (χ0n) is 10.7. The molecule has 1 rings (SSSR count). The van der Waals surface area contributed by atoms with E-state index < -0.39 is 0 Å². The maximum atomic E-state index is 12.0. The Morgan fingerprint density at radius 1 is 1.61 bits per heavy atom. The van der Waals surface area contributed by atoms with Gasteiger partial charge in [0.25, 0.3) is 5.91 Å². The Bertz CT molecular complexity index is 426. The first-order chi connectivity index (χ1) is 8.40. The van der Waals surface area contributed by atoms with Crippen LogP contribution in [0.15, 0.2) is 16.7 Å². The lowest BCUT2D eigenvalue weighted by atomic mass is 10.2. The predicted octanol–water partition coefficient (Wildman–Crippen LogP) is 2.57. The van der Waals surface area contributed by atoms with E-state index in [0.717, 1.165) is 17.4 Å². The molecule has 0 fully saturated rings. The number of aromatic nitrogens is 1. The summed E-state index contributed by atoms with van der Waals surface area (Å²) < 4.78 is 0.734. The van der Waals surface area contributed by atoms with Gasteiger partial charge in [-0.05, 0) is 56.0 Å². The van der Waals surface area contributed by atoms with Crippen LogP contribution in [0.1, 0.15) is 23.7 Å². The normalized spacial score (nSPS) is 12.6. The van der Waals surface area contributed by atoms with Crippen LogP contribution in [0.3, 0.4) is 0 Å². The first-order valence-corrected chi connectivity index (χ1v) is 6.84. The maximum Gasteiger partial charge on any atom is 0.254 e. The van der Waals surface area contributed by atoms with Gasteiger partial charge in [0.05, 0.1) is 5.56 Å². The van der Waals surface area contributed by atoms with Crippen molar-refractivity contribution in [2.45, 2.75) is 19.4 Å². The fourth-order valence-electron chi connectivity index (χ4n) is 1.41. The Balaban J connectivity index is 2.62. The molecule has 4 nitrogen and oxygen atoms in total. The molecule has 100 valence electrons. The van der Waals surface area contributed by atoms with E-state index >= 15 is 0 Å². The smallest absolute Gasteiger partial charge is 0.254 e. The van der Waals surface area contributed by atoms with Crippen molar-refractivity contribution in [2.75, 3.05) is 20.6 Å². The zero-order chi connectivity index (χ0) is 13.7. The number of amides is 1. The number of halogens is 2. The highest BCUT2D eigenvalue weighted by Gasteiger charge is 2.14. The molecule has 1 N–H and O–H groups in total. The third-order valence-corrected chi connectivity index (χ3v) is 3.17. The third-order valence-electron chi connectivity index (χ3n) is 2.44. The number of nitrogens with one attached hydrogen (secondary N) is 1. The molecule has 6 heteroatoms. The van der Waals surface area contributed by atoms with E-state index in [2.05, 4.69) is 31.1 Å². The number of hydrogen-bond donors (Lipinski definition) is 1. The first kappa shape index (κ1) is 15.4. The molecule has 1 amide bonds. The Morgan fingerprint density at radius 3 is 2.89 bits per heavy atom. The van der Waals surface area contributed by atoms with Crippen LogP contribution in [-0.2, 0) is 0 Å². The largest absolute Gasteiger partial charge is 0.349 e. The van der Waals surface area contributed by atoms with E-state index in [9.17, 15) is 4.79 Å². The molecule has 0 bridgehead atoms. The lowest BCUT2D eigenvalue weighted by Crippen LogP contribution is -2.35. The second-order valence-electron chi connectivity index (χ2n) is 4.46. The van der Waals surface area contributed by atoms with Crippen LogP contribution in [0.25, 0.3) is 0 Å². The van der Waals surface area contributed by atoms with Gasteiger partial charge in [0.1, 0.15) is 5.15 Å². The van der Waals surface area contributed by atoms with Gasteiger partial charge in [-0.15, -0.1) is 0 Å². The summed E-state index contributed by atoms with van der Waals surface area (Å²) in [7, 11) is 4.01. The topological polar surface area (TPSA) is 45.2 Å². The molecule has 0 saturated carbocycles. The number of hydrogen-bond acceptors (Lipinski definition) is 3. The van der Waals surface area contributed by atoms with E-state index in [0.29, 0.717) is 5.56 Å². The SMILES string of the molecule is CC(CCN(C)C)NC(=O)c1cc(Br)cnc1Cl. The molecule has 18 heavy (non-hydrogen) atoms. The zero-order valence-corrected chi connectivity index (χ0v) is 13.0. The predicted molar refractivity (Wildman–Crippen MR) is 77.0 cm³/mol. The minimum Gasteiger partial charge on any atom is -0.349 e. The van der Waals surface area contributed by atoms with Crippen LogP contribution in [-0.4, -0.2) is 42.5 Å². The third kappa shape index (κ3) is 4.92. The van der Waals surface area contributed by atoms with Crippen LogP contribution in [0.5, 0.6) is 0 Å². The van der Waals surface area contributed by atoms with E-state index in [1.807, 2.05) is 21.0 Å². The van der Waals surface area contributed by atoms with Crippen LogP contribution >= 0.6 is 27.5 Å². The Hall–Kier alpha value is -0.650. The molecule has 1 aromatic rings. The minimum atomic E-state index is -0.194. The van der Waals surface area contributed by atoms with E-state index in [1.54, 1.807) is 12.3 Å². The van der Waals surface area contributed by atoms with Gasteiger partial charge in [-0.2, -0.15) is 0 Å². The van der Waals surface area contributed by atoms with Gasteiger partial charge in [0.15, 0.2) is 0 Å². The van der Waals surface area contributed by atoms with Crippen LogP contribution in [0, 0.1) is 0 Å². The van der Waals surface area contributed by atoms with E-state index in [-0.39, 0.29) is 17.1 Å². The monoisotopic (exact) mass is 333 g/mol. The summed E-state index contributed by atoms with van der Waals surface area (Å²) in [6.07, 6.45) is 2.45.